The molecular weight excluding hydrogens is 332 g/mol. The number of hydrogen-bond acceptors (Lipinski definition) is 4. The quantitative estimate of drug-likeness (QED) is 0.777. The monoisotopic (exact) mass is 366 g/mol. The molecule has 2 atom stereocenters. The van der Waals surface area contributed by atoms with Gasteiger partial charge in [-0.25, -0.2) is 9.67 Å². The van der Waals surface area contributed by atoms with Crippen molar-refractivity contribution in [3.05, 3.63) is 48.5 Å². The molecule has 6 heteroatoms. The summed E-state index contributed by atoms with van der Waals surface area (Å²) in [7, 11) is 0. The Morgan fingerprint density at radius 3 is 2.08 bits per heavy atom. The highest BCUT2D eigenvalue weighted by atomic mass is 32.1. The van der Waals surface area contributed by atoms with Crippen molar-refractivity contribution in [1.82, 2.24) is 14.8 Å². The first-order chi connectivity index (χ1) is 12.0. The van der Waals surface area contributed by atoms with E-state index >= 15 is 0 Å². The number of thiocarbonyl (C=S) groups is 1. The molecule has 142 valence electrons. The summed E-state index contributed by atoms with van der Waals surface area (Å²) in [6, 6.07) is 9.34. The third-order valence-electron chi connectivity index (χ3n) is 3.29. The van der Waals surface area contributed by atoms with Crippen LogP contribution in [0.2, 0.25) is 0 Å². The van der Waals surface area contributed by atoms with Gasteiger partial charge in [-0.1, -0.05) is 91.0 Å². The van der Waals surface area contributed by atoms with Gasteiger partial charge < -0.3 is 10.8 Å². The number of aromatic nitrogens is 3. The van der Waals surface area contributed by atoms with Crippen LogP contribution in [-0.2, 0) is 12.1 Å². The second-order valence-electron chi connectivity index (χ2n) is 4.51. The molecule has 0 aliphatic heterocycles. The molecule has 3 N–H and O–H groups in total. The zero-order valence-electron chi connectivity index (χ0n) is 16.6. The molecule has 0 saturated carbocycles. The minimum atomic E-state index is -1.21. The summed E-state index contributed by atoms with van der Waals surface area (Å²) in [5, 5.41) is 15.1. The van der Waals surface area contributed by atoms with E-state index in [9.17, 15) is 5.11 Å². The molecule has 1 aromatic carbocycles. The number of nitrogens with two attached hydrogens (primary N) is 1. The molecule has 2 rings (SSSR count). The van der Waals surface area contributed by atoms with Crippen LogP contribution in [0.15, 0.2) is 43.0 Å². The second-order valence-corrected chi connectivity index (χ2v) is 4.98. The predicted molar refractivity (Wildman–Crippen MR) is 110 cm³/mol. The molecule has 0 unspecified atom stereocenters. The Kier molecular flexibility index (Phi) is 14.8. The molecule has 0 saturated heterocycles. The minimum absolute atomic E-state index is 0.246. The normalized spacial score (nSPS) is 12.6. The fourth-order valence-electron chi connectivity index (χ4n) is 2.00. The summed E-state index contributed by atoms with van der Waals surface area (Å²) in [5.74, 6) is -0.380. The molecule has 0 bridgehead atoms. The Hall–Kier alpha value is -1.79. The molecule has 1 heterocycles. The molecule has 0 radical (unpaired) electrons. The van der Waals surface area contributed by atoms with E-state index in [4.69, 9.17) is 18.0 Å². The first-order valence-corrected chi connectivity index (χ1v) is 9.34. The van der Waals surface area contributed by atoms with Crippen LogP contribution in [0.5, 0.6) is 0 Å². The van der Waals surface area contributed by atoms with Crippen LogP contribution in [0.1, 0.15) is 54.0 Å². The van der Waals surface area contributed by atoms with Crippen molar-refractivity contribution >= 4 is 17.2 Å². The molecule has 0 spiro atoms. The fourth-order valence-corrected chi connectivity index (χ4v) is 2.20. The summed E-state index contributed by atoms with van der Waals surface area (Å²) in [6.45, 7) is 14.1. The highest BCUT2D eigenvalue weighted by Crippen LogP contribution is 2.31. The summed E-state index contributed by atoms with van der Waals surface area (Å²) in [4.78, 5) is 4.15. The zero-order valence-corrected chi connectivity index (χ0v) is 17.4. The lowest BCUT2D eigenvalue weighted by Crippen LogP contribution is -2.43. The van der Waals surface area contributed by atoms with Crippen molar-refractivity contribution in [1.29, 1.82) is 0 Å². The molecular formula is C19H34N4OS. The lowest BCUT2D eigenvalue weighted by atomic mass is 9.82. The van der Waals surface area contributed by atoms with Crippen LogP contribution in [0.3, 0.4) is 0 Å². The van der Waals surface area contributed by atoms with Crippen molar-refractivity contribution < 1.29 is 5.11 Å². The first-order valence-electron chi connectivity index (χ1n) is 8.93. The number of nitrogens with zero attached hydrogens (tertiary/aromatic N) is 3. The number of rotatable bonds is 5. The minimum Gasteiger partial charge on any atom is -0.393 e. The van der Waals surface area contributed by atoms with Gasteiger partial charge in [0, 0.05) is 5.92 Å². The van der Waals surface area contributed by atoms with Crippen LogP contribution >= 0.6 is 12.2 Å². The average molecular weight is 367 g/mol. The van der Waals surface area contributed by atoms with Crippen molar-refractivity contribution in [3.8, 4) is 0 Å². The molecule has 5 nitrogen and oxygen atoms in total. The Labute approximate surface area is 158 Å². The van der Waals surface area contributed by atoms with E-state index in [-0.39, 0.29) is 17.5 Å². The van der Waals surface area contributed by atoms with E-state index in [0.29, 0.717) is 0 Å². The van der Waals surface area contributed by atoms with Gasteiger partial charge in [-0.2, -0.15) is 5.10 Å². The van der Waals surface area contributed by atoms with Gasteiger partial charge >= 0.3 is 0 Å². The Morgan fingerprint density at radius 2 is 1.68 bits per heavy atom. The van der Waals surface area contributed by atoms with Crippen LogP contribution in [-0.4, -0.2) is 24.9 Å². The molecule has 2 aromatic rings. The molecule has 25 heavy (non-hydrogen) atoms. The van der Waals surface area contributed by atoms with Gasteiger partial charge in [0.05, 0.1) is 11.5 Å². The van der Waals surface area contributed by atoms with E-state index in [0.717, 1.165) is 5.56 Å². The standard InChI is InChI=1S/C13H16N4OS.3C2H6/c1-10(12(14)19)13(18,7-17-9-15-8-16-17)11-5-3-2-4-6-11;3*1-2/h2-6,8-10,18H,7H2,1H3,(H2,14,19);3*1-2H3/t10-,13+;;;/m0.../s1. The second kappa shape index (κ2) is 14.5. The van der Waals surface area contributed by atoms with Gasteiger partial charge in [-0.15, -0.1) is 0 Å². The molecule has 0 aliphatic carbocycles. The van der Waals surface area contributed by atoms with E-state index in [2.05, 4.69) is 10.1 Å². The average Bonchev–Trinajstić information content (AvgIpc) is 3.19. The number of benzene rings is 1. The Morgan fingerprint density at radius 1 is 1.16 bits per heavy atom. The van der Waals surface area contributed by atoms with Gasteiger partial charge in [0.2, 0.25) is 0 Å². The van der Waals surface area contributed by atoms with E-state index < -0.39 is 5.60 Å². The lowest BCUT2D eigenvalue weighted by Gasteiger charge is -2.34. The number of aliphatic hydroxyl groups is 1. The predicted octanol–water partition coefficient (Wildman–Crippen LogP) is 4.17. The maximum atomic E-state index is 11.0. The van der Waals surface area contributed by atoms with Crippen LogP contribution in [0.4, 0.5) is 0 Å². The highest BCUT2D eigenvalue weighted by molar-refractivity contribution is 7.80. The van der Waals surface area contributed by atoms with E-state index in [1.165, 1.54) is 6.33 Å². The molecule has 0 aliphatic rings. The van der Waals surface area contributed by atoms with E-state index in [1.807, 2.05) is 78.8 Å². The Bertz CT molecular complexity index is 546. The Balaban J connectivity index is 0. The van der Waals surface area contributed by atoms with Crippen molar-refractivity contribution in [2.24, 2.45) is 11.7 Å². The smallest absolute Gasteiger partial charge is 0.137 e. The largest absolute Gasteiger partial charge is 0.393 e. The van der Waals surface area contributed by atoms with Gasteiger partial charge in [0.15, 0.2) is 0 Å². The van der Waals surface area contributed by atoms with Crippen LogP contribution < -0.4 is 5.73 Å². The first kappa shape index (κ1) is 25.5. The van der Waals surface area contributed by atoms with Gasteiger partial charge in [-0.3, -0.25) is 0 Å². The van der Waals surface area contributed by atoms with Crippen LogP contribution in [0.25, 0.3) is 0 Å². The maximum absolute atomic E-state index is 11.0. The van der Waals surface area contributed by atoms with E-state index in [1.54, 1.807) is 11.0 Å². The third kappa shape index (κ3) is 7.75. The zero-order chi connectivity index (χ0) is 19.9. The molecule has 0 fully saturated rings. The SMILES string of the molecule is CC.CC.CC.C[C@@H](C(N)=S)[C@](O)(Cn1cncn1)c1ccccc1. The van der Waals surface area contributed by atoms with Gasteiger partial charge in [0.1, 0.15) is 18.3 Å². The van der Waals surface area contributed by atoms with Crippen LogP contribution in [0, 0.1) is 5.92 Å². The lowest BCUT2D eigenvalue weighted by molar-refractivity contribution is -0.0122. The summed E-state index contributed by atoms with van der Waals surface area (Å²) in [6.07, 6.45) is 2.98. The molecule has 0 amide bonds. The summed E-state index contributed by atoms with van der Waals surface area (Å²) < 4.78 is 1.57. The molecule has 1 aromatic heterocycles. The van der Waals surface area contributed by atoms with Crippen molar-refractivity contribution in [3.63, 3.8) is 0 Å². The van der Waals surface area contributed by atoms with Gasteiger partial charge in [-0.05, 0) is 5.56 Å². The summed E-state index contributed by atoms with van der Waals surface area (Å²) in [5.41, 5.74) is 5.26. The number of hydrogen-bond donors (Lipinski definition) is 2. The highest BCUT2D eigenvalue weighted by Gasteiger charge is 2.38. The fraction of sp³-hybridized carbons (Fsp3) is 0.526. The third-order valence-corrected chi connectivity index (χ3v) is 3.64. The van der Waals surface area contributed by atoms with Gasteiger partial charge in [0.25, 0.3) is 0 Å². The summed E-state index contributed by atoms with van der Waals surface area (Å²) >= 11 is 5.03. The topological polar surface area (TPSA) is 77.0 Å². The maximum Gasteiger partial charge on any atom is 0.137 e. The van der Waals surface area contributed by atoms with Crippen molar-refractivity contribution in [2.45, 2.75) is 60.6 Å². The van der Waals surface area contributed by atoms with Crippen molar-refractivity contribution in [2.75, 3.05) is 0 Å².